The standard InChI is InChI=1S/C18H25N5O4.ClH/c19-16-13(5-1-7-15(16)23(26)27)18(25)22-9-3-4-12(11-22)10-21-17(24)14-6-2-8-20-14;/h1,5,7,12,14,20H,2-4,6,8-11,19H2,(H,21,24);1H. The number of rotatable bonds is 5. The zero-order valence-electron chi connectivity index (χ0n) is 15.6. The zero-order valence-corrected chi connectivity index (χ0v) is 16.4. The highest BCUT2D eigenvalue weighted by Crippen LogP contribution is 2.27. The van der Waals surface area contributed by atoms with E-state index in [-0.39, 0.29) is 53.1 Å². The molecule has 2 fully saturated rings. The maximum absolute atomic E-state index is 12.8. The Hall–Kier alpha value is -2.39. The van der Waals surface area contributed by atoms with Crippen molar-refractivity contribution in [3.8, 4) is 0 Å². The van der Waals surface area contributed by atoms with Crippen molar-refractivity contribution in [2.24, 2.45) is 5.92 Å². The van der Waals surface area contributed by atoms with Gasteiger partial charge in [0.1, 0.15) is 5.69 Å². The number of nitrogens with two attached hydrogens (primary N) is 1. The Morgan fingerprint density at radius 1 is 1.32 bits per heavy atom. The number of nitro benzene ring substituents is 1. The molecule has 1 aromatic rings. The lowest BCUT2D eigenvalue weighted by Gasteiger charge is -2.33. The van der Waals surface area contributed by atoms with Crippen molar-refractivity contribution in [2.45, 2.75) is 31.7 Å². The molecular formula is C18H26ClN5O4. The monoisotopic (exact) mass is 411 g/mol. The van der Waals surface area contributed by atoms with Gasteiger partial charge in [0.25, 0.3) is 11.6 Å². The Balaban J connectivity index is 0.00000280. The highest BCUT2D eigenvalue weighted by molar-refractivity contribution is 6.01. The van der Waals surface area contributed by atoms with Gasteiger partial charge in [-0.1, -0.05) is 6.07 Å². The van der Waals surface area contributed by atoms with Gasteiger partial charge in [-0.05, 0) is 44.2 Å². The summed E-state index contributed by atoms with van der Waals surface area (Å²) in [5.41, 5.74) is 5.64. The van der Waals surface area contributed by atoms with Crippen LogP contribution in [-0.4, -0.2) is 53.9 Å². The van der Waals surface area contributed by atoms with Crippen LogP contribution in [0.4, 0.5) is 11.4 Å². The first-order valence-electron chi connectivity index (χ1n) is 9.30. The molecule has 0 aliphatic carbocycles. The number of carbonyl (C=O) groups excluding carboxylic acids is 2. The molecule has 0 saturated carbocycles. The molecule has 0 bridgehead atoms. The normalized spacial score (nSPS) is 21.6. The van der Waals surface area contributed by atoms with Crippen molar-refractivity contribution in [3.63, 3.8) is 0 Å². The van der Waals surface area contributed by atoms with E-state index in [4.69, 9.17) is 5.73 Å². The van der Waals surface area contributed by atoms with Crippen molar-refractivity contribution in [3.05, 3.63) is 33.9 Å². The average Bonchev–Trinajstić information content (AvgIpc) is 3.20. The molecule has 2 saturated heterocycles. The first-order valence-corrected chi connectivity index (χ1v) is 9.30. The summed E-state index contributed by atoms with van der Waals surface area (Å²) in [5.74, 6) is -0.128. The predicted molar refractivity (Wildman–Crippen MR) is 107 cm³/mol. The van der Waals surface area contributed by atoms with Gasteiger partial charge in [-0.25, -0.2) is 0 Å². The lowest BCUT2D eigenvalue weighted by atomic mass is 9.96. The third-order valence-electron chi connectivity index (χ3n) is 5.26. The van der Waals surface area contributed by atoms with Crippen LogP contribution in [0.3, 0.4) is 0 Å². The maximum Gasteiger partial charge on any atom is 0.292 e. The topological polar surface area (TPSA) is 131 Å². The lowest BCUT2D eigenvalue weighted by molar-refractivity contribution is -0.383. The molecule has 2 heterocycles. The van der Waals surface area contributed by atoms with Gasteiger partial charge in [0.2, 0.25) is 5.91 Å². The van der Waals surface area contributed by atoms with Gasteiger partial charge in [0.15, 0.2) is 0 Å². The molecule has 9 nitrogen and oxygen atoms in total. The van der Waals surface area contributed by atoms with Crippen LogP contribution in [0.15, 0.2) is 18.2 Å². The van der Waals surface area contributed by atoms with Crippen LogP contribution in [0.1, 0.15) is 36.0 Å². The minimum Gasteiger partial charge on any atom is -0.393 e. The number of halogens is 1. The Kier molecular flexibility index (Phi) is 7.59. The molecular weight excluding hydrogens is 386 g/mol. The van der Waals surface area contributed by atoms with E-state index in [0.717, 1.165) is 32.2 Å². The highest BCUT2D eigenvalue weighted by Gasteiger charge is 2.29. The van der Waals surface area contributed by atoms with Gasteiger partial charge in [-0.15, -0.1) is 12.4 Å². The molecule has 0 radical (unpaired) electrons. The van der Waals surface area contributed by atoms with Gasteiger partial charge in [0, 0.05) is 25.7 Å². The second-order valence-corrected chi connectivity index (χ2v) is 7.15. The fourth-order valence-corrected chi connectivity index (χ4v) is 3.76. The number of para-hydroxylation sites is 1. The fourth-order valence-electron chi connectivity index (χ4n) is 3.76. The third-order valence-corrected chi connectivity index (χ3v) is 5.26. The number of hydrogen-bond acceptors (Lipinski definition) is 6. The van der Waals surface area contributed by atoms with Gasteiger partial charge in [-0.3, -0.25) is 19.7 Å². The minimum absolute atomic E-state index is 0. The van der Waals surface area contributed by atoms with Gasteiger partial charge < -0.3 is 21.3 Å². The van der Waals surface area contributed by atoms with Crippen LogP contribution in [0.2, 0.25) is 0 Å². The van der Waals surface area contributed by atoms with Crippen molar-refractivity contribution in [1.29, 1.82) is 0 Å². The number of nitrogens with zero attached hydrogens (tertiary/aromatic N) is 2. The van der Waals surface area contributed by atoms with Crippen molar-refractivity contribution in [2.75, 3.05) is 31.9 Å². The Bertz CT molecular complexity index is 739. The number of nitro groups is 1. The number of hydrogen-bond donors (Lipinski definition) is 3. The Labute approximate surface area is 169 Å². The van der Waals surface area contributed by atoms with E-state index in [1.165, 1.54) is 18.2 Å². The summed E-state index contributed by atoms with van der Waals surface area (Å²) in [6.45, 7) is 2.47. The van der Waals surface area contributed by atoms with E-state index in [1.807, 2.05) is 0 Å². The van der Waals surface area contributed by atoms with Crippen LogP contribution in [0, 0.1) is 16.0 Å². The first-order chi connectivity index (χ1) is 13.0. The summed E-state index contributed by atoms with van der Waals surface area (Å²) in [6.07, 6.45) is 3.61. The van der Waals surface area contributed by atoms with Crippen molar-refractivity contribution in [1.82, 2.24) is 15.5 Å². The molecule has 0 spiro atoms. The molecule has 10 heteroatoms. The van der Waals surface area contributed by atoms with Crippen LogP contribution >= 0.6 is 12.4 Å². The smallest absolute Gasteiger partial charge is 0.292 e. The number of amides is 2. The van der Waals surface area contributed by atoms with E-state index in [0.29, 0.717) is 19.6 Å². The van der Waals surface area contributed by atoms with Crippen molar-refractivity contribution < 1.29 is 14.5 Å². The number of piperidine rings is 1. The lowest BCUT2D eigenvalue weighted by Crippen LogP contribution is -2.46. The van der Waals surface area contributed by atoms with E-state index >= 15 is 0 Å². The SMILES string of the molecule is Cl.Nc1c(C(=O)N2CCCC(CNC(=O)C3CCCN3)C2)cccc1[N+](=O)[O-]. The van der Waals surface area contributed by atoms with Crippen molar-refractivity contribution >= 4 is 35.6 Å². The summed E-state index contributed by atoms with van der Waals surface area (Å²) in [5, 5.41) is 17.2. The van der Waals surface area contributed by atoms with Crippen LogP contribution in [0.25, 0.3) is 0 Å². The molecule has 1 aromatic carbocycles. The zero-order chi connectivity index (χ0) is 19.4. The molecule has 2 aliphatic heterocycles. The highest BCUT2D eigenvalue weighted by atomic mass is 35.5. The Morgan fingerprint density at radius 3 is 2.79 bits per heavy atom. The van der Waals surface area contributed by atoms with E-state index in [2.05, 4.69) is 10.6 Å². The summed E-state index contributed by atoms with van der Waals surface area (Å²) in [7, 11) is 0. The second-order valence-electron chi connectivity index (χ2n) is 7.15. The van der Waals surface area contributed by atoms with Gasteiger partial charge in [-0.2, -0.15) is 0 Å². The molecule has 2 aliphatic rings. The van der Waals surface area contributed by atoms with Crippen LogP contribution < -0.4 is 16.4 Å². The number of anilines is 1. The number of likely N-dealkylation sites (tertiary alicyclic amines) is 1. The fraction of sp³-hybridized carbons (Fsp3) is 0.556. The van der Waals surface area contributed by atoms with Crippen LogP contribution in [-0.2, 0) is 4.79 Å². The molecule has 4 N–H and O–H groups in total. The third kappa shape index (κ3) is 4.90. The van der Waals surface area contributed by atoms with E-state index in [1.54, 1.807) is 4.90 Å². The number of benzene rings is 1. The molecule has 28 heavy (non-hydrogen) atoms. The summed E-state index contributed by atoms with van der Waals surface area (Å²) < 4.78 is 0. The molecule has 2 atom stereocenters. The predicted octanol–water partition coefficient (Wildman–Crippen LogP) is 1.32. The van der Waals surface area contributed by atoms with E-state index in [9.17, 15) is 19.7 Å². The van der Waals surface area contributed by atoms with Crippen LogP contribution in [0.5, 0.6) is 0 Å². The summed E-state index contributed by atoms with van der Waals surface area (Å²) in [6, 6.07) is 4.16. The van der Waals surface area contributed by atoms with Gasteiger partial charge >= 0.3 is 0 Å². The molecule has 0 aromatic heterocycles. The van der Waals surface area contributed by atoms with E-state index < -0.39 is 4.92 Å². The first kappa shape index (κ1) is 21.9. The number of carbonyl (C=O) groups is 2. The summed E-state index contributed by atoms with van der Waals surface area (Å²) >= 11 is 0. The minimum atomic E-state index is -0.586. The Morgan fingerprint density at radius 2 is 2.11 bits per heavy atom. The molecule has 154 valence electrons. The largest absolute Gasteiger partial charge is 0.393 e. The van der Waals surface area contributed by atoms with Gasteiger partial charge in [0.05, 0.1) is 16.5 Å². The molecule has 3 rings (SSSR count). The molecule has 2 amide bonds. The maximum atomic E-state index is 12.8. The summed E-state index contributed by atoms with van der Waals surface area (Å²) in [4.78, 5) is 37.1. The quantitative estimate of drug-likeness (QED) is 0.380. The number of nitrogen functional groups attached to an aromatic ring is 1. The number of nitrogens with one attached hydrogen (secondary N) is 2. The second kappa shape index (κ2) is 9.70. The molecule has 2 unspecified atom stereocenters. The average molecular weight is 412 g/mol.